The number of nitrogens with zero attached hydrogens (tertiary/aromatic N) is 1. The van der Waals surface area contributed by atoms with E-state index in [1.54, 1.807) is 25.0 Å². The van der Waals surface area contributed by atoms with Crippen LogP contribution in [0.2, 0.25) is 0 Å². The van der Waals surface area contributed by atoms with Crippen LogP contribution in [0.3, 0.4) is 0 Å². The predicted octanol–water partition coefficient (Wildman–Crippen LogP) is 1.96. The molecule has 0 aliphatic rings. The molecule has 2 nitrogen and oxygen atoms in total. The van der Waals surface area contributed by atoms with Crippen LogP contribution in [0.15, 0.2) is 34.3 Å². The molecule has 1 N–H and O–H groups in total. The van der Waals surface area contributed by atoms with Crippen LogP contribution < -0.4 is 5.43 Å². The Hall–Kier alpha value is -0.960. The Kier molecular flexibility index (Phi) is 3.67. The molecule has 0 fully saturated rings. The molecule has 0 radical (unpaired) electrons. The van der Waals surface area contributed by atoms with Crippen molar-refractivity contribution in [2.24, 2.45) is 5.10 Å². The summed E-state index contributed by atoms with van der Waals surface area (Å²) in [5, 5.41) is 3.92. The average Bonchev–Trinajstić information content (AvgIpc) is 2.15. The lowest BCUT2D eigenvalue weighted by atomic mass is 10.2. The Labute approximate surface area is 77.1 Å². The number of hydrogen-bond acceptors (Lipinski definition) is 3. The molecule has 0 atom stereocenters. The van der Waals surface area contributed by atoms with Gasteiger partial charge in [0.1, 0.15) is 0 Å². The number of thioether (sulfide) groups is 1. The zero-order chi connectivity index (χ0) is 8.81. The van der Waals surface area contributed by atoms with Crippen molar-refractivity contribution in [3.63, 3.8) is 0 Å². The number of benzene rings is 1. The molecule has 0 saturated heterocycles. The summed E-state index contributed by atoms with van der Waals surface area (Å²) in [4.78, 5) is 1.27. The van der Waals surface area contributed by atoms with E-state index in [9.17, 15) is 0 Å². The van der Waals surface area contributed by atoms with Gasteiger partial charge in [-0.2, -0.15) is 5.10 Å². The second-order valence-electron chi connectivity index (χ2n) is 2.25. The van der Waals surface area contributed by atoms with Crippen molar-refractivity contribution >= 4 is 18.0 Å². The summed E-state index contributed by atoms with van der Waals surface area (Å²) in [6.07, 6.45) is 3.86. The maximum Gasteiger partial charge on any atom is 0.0540 e. The van der Waals surface area contributed by atoms with Crippen LogP contribution in [-0.4, -0.2) is 19.5 Å². The molecule has 0 heterocycles. The zero-order valence-corrected chi connectivity index (χ0v) is 8.06. The fourth-order valence-electron chi connectivity index (χ4n) is 0.829. The molecule has 3 heteroatoms. The number of hydrazone groups is 1. The number of rotatable bonds is 3. The lowest BCUT2D eigenvalue weighted by Crippen LogP contribution is -1.94. The van der Waals surface area contributed by atoms with Gasteiger partial charge in [-0.25, -0.2) is 0 Å². The SMILES string of the molecule is CNN=Cc1ccc(SC)cc1. The molecule has 0 bridgehead atoms. The smallest absolute Gasteiger partial charge is 0.0540 e. The van der Waals surface area contributed by atoms with Gasteiger partial charge in [-0.05, 0) is 24.0 Å². The number of hydrogen-bond donors (Lipinski definition) is 1. The fraction of sp³-hybridized carbons (Fsp3) is 0.222. The van der Waals surface area contributed by atoms with Crippen LogP contribution in [0.5, 0.6) is 0 Å². The Balaban J connectivity index is 2.71. The summed E-state index contributed by atoms with van der Waals surface area (Å²) in [5.41, 5.74) is 3.82. The van der Waals surface area contributed by atoms with E-state index in [4.69, 9.17) is 0 Å². The van der Waals surface area contributed by atoms with Crippen LogP contribution in [0.4, 0.5) is 0 Å². The summed E-state index contributed by atoms with van der Waals surface area (Å²) >= 11 is 1.74. The summed E-state index contributed by atoms with van der Waals surface area (Å²) < 4.78 is 0. The zero-order valence-electron chi connectivity index (χ0n) is 7.24. The third kappa shape index (κ3) is 2.58. The van der Waals surface area contributed by atoms with E-state index in [1.165, 1.54) is 4.90 Å². The van der Waals surface area contributed by atoms with Crippen molar-refractivity contribution in [2.45, 2.75) is 4.90 Å². The van der Waals surface area contributed by atoms with Gasteiger partial charge in [0.15, 0.2) is 0 Å². The third-order valence-corrected chi connectivity index (χ3v) is 2.20. The first kappa shape index (κ1) is 9.13. The molecule has 12 heavy (non-hydrogen) atoms. The van der Waals surface area contributed by atoms with Crippen molar-refractivity contribution < 1.29 is 0 Å². The van der Waals surface area contributed by atoms with Gasteiger partial charge in [0.25, 0.3) is 0 Å². The molecular weight excluding hydrogens is 168 g/mol. The first-order valence-electron chi connectivity index (χ1n) is 3.70. The van der Waals surface area contributed by atoms with Crippen LogP contribution in [0, 0.1) is 0 Å². The fourth-order valence-corrected chi connectivity index (χ4v) is 1.24. The third-order valence-electron chi connectivity index (χ3n) is 1.46. The first-order valence-corrected chi connectivity index (χ1v) is 4.93. The van der Waals surface area contributed by atoms with Crippen LogP contribution >= 0.6 is 11.8 Å². The summed E-state index contributed by atoms with van der Waals surface area (Å²) in [5.74, 6) is 0. The lowest BCUT2D eigenvalue weighted by Gasteiger charge is -1.95. The molecule has 0 aliphatic heterocycles. The minimum Gasteiger partial charge on any atom is -0.313 e. The molecule has 0 unspecified atom stereocenters. The summed E-state index contributed by atoms with van der Waals surface area (Å²) in [6.45, 7) is 0. The average molecular weight is 180 g/mol. The van der Waals surface area contributed by atoms with Crippen molar-refractivity contribution in [2.75, 3.05) is 13.3 Å². The molecule has 0 aromatic heterocycles. The van der Waals surface area contributed by atoms with E-state index in [0.717, 1.165) is 5.56 Å². The van der Waals surface area contributed by atoms with Crippen molar-refractivity contribution in [1.82, 2.24) is 5.43 Å². The maximum atomic E-state index is 3.92. The Bertz CT molecular complexity index is 254. The topological polar surface area (TPSA) is 24.4 Å². The van der Waals surface area contributed by atoms with E-state index < -0.39 is 0 Å². The molecule has 0 amide bonds. The van der Waals surface area contributed by atoms with E-state index in [-0.39, 0.29) is 0 Å². The summed E-state index contributed by atoms with van der Waals surface area (Å²) in [6, 6.07) is 8.27. The highest BCUT2D eigenvalue weighted by Crippen LogP contribution is 2.13. The second-order valence-corrected chi connectivity index (χ2v) is 3.13. The van der Waals surface area contributed by atoms with Gasteiger partial charge in [-0.3, -0.25) is 0 Å². The summed E-state index contributed by atoms with van der Waals surface area (Å²) in [7, 11) is 1.78. The first-order chi connectivity index (χ1) is 5.86. The molecule has 0 spiro atoms. The highest BCUT2D eigenvalue weighted by atomic mass is 32.2. The van der Waals surface area contributed by atoms with Gasteiger partial charge in [-0.15, -0.1) is 11.8 Å². The van der Waals surface area contributed by atoms with Crippen LogP contribution in [0.25, 0.3) is 0 Å². The minimum atomic E-state index is 1.11. The van der Waals surface area contributed by atoms with Gasteiger partial charge >= 0.3 is 0 Å². The largest absolute Gasteiger partial charge is 0.313 e. The van der Waals surface area contributed by atoms with Gasteiger partial charge in [-0.1, -0.05) is 12.1 Å². The normalized spacial score (nSPS) is 10.5. The van der Waals surface area contributed by atoms with E-state index in [2.05, 4.69) is 28.9 Å². The lowest BCUT2D eigenvalue weighted by molar-refractivity contribution is 0.908. The highest BCUT2D eigenvalue weighted by Gasteiger charge is 1.88. The Morgan fingerprint density at radius 2 is 2.00 bits per heavy atom. The second kappa shape index (κ2) is 4.83. The molecule has 0 saturated carbocycles. The van der Waals surface area contributed by atoms with Crippen LogP contribution in [-0.2, 0) is 0 Å². The van der Waals surface area contributed by atoms with E-state index in [0.29, 0.717) is 0 Å². The van der Waals surface area contributed by atoms with Gasteiger partial charge in [0.2, 0.25) is 0 Å². The van der Waals surface area contributed by atoms with Crippen molar-refractivity contribution in [3.8, 4) is 0 Å². The van der Waals surface area contributed by atoms with Gasteiger partial charge in [0.05, 0.1) is 6.21 Å². The molecular formula is C9H12N2S. The minimum absolute atomic E-state index is 1.11. The van der Waals surface area contributed by atoms with Crippen molar-refractivity contribution in [3.05, 3.63) is 29.8 Å². The van der Waals surface area contributed by atoms with E-state index in [1.807, 2.05) is 12.1 Å². The predicted molar refractivity (Wildman–Crippen MR) is 54.9 cm³/mol. The number of nitrogens with one attached hydrogen (secondary N) is 1. The maximum absolute atomic E-state index is 3.92. The molecule has 0 aliphatic carbocycles. The monoisotopic (exact) mass is 180 g/mol. The van der Waals surface area contributed by atoms with Crippen LogP contribution in [0.1, 0.15) is 5.56 Å². The van der Waals surface area contributed by atoms with Gasteiger partial charge in [0, 0.05) is 11.9 Å². The Morgan fingerprint density at radius 1 is 1.33 bits per heavy atom. The molecule has 64 valence electrons. The quantitative estimate of drug-likeness (QED) is 0.437. The molecule has 1 rings (SSSR count). The Morgan fingerprint density at radius 3 is 2.50 bits per heavy atom. The standard InChI is InChI=1S/C9H12N2S/c1-10-11-7-8-3-5-9(12-2)6-4-8/h3-7,10H,1-2H3. The van der Waals surface area contributed by atoms with Crippen molar-refractivity contribution in [1.29, 1.82) is 0 Å². The van der Waals surface area contributed by atoms with Gasteiger partial charge < -0.3 is 5.43 Å². The van der Waals surface area contributed by atoms with E-state index >= 15 is 0 Å². The molecule has 1 aromatic rings. The molecule has 1 aromatic carbocycles. The highest BCUT2D eigenvalue weighted by molar-refractivity contribution is 7.98.